The summed E-state index contributed by atoms with van der Waals surface area (Å²) >= 11 is 0. The molecule has 134 valence electrons. The number of hydrogen-bond acceptors (Lipinski definition) is 4. The fourth-order valence-electron chi connectivity index (χ4n) is 2.55. The third-order valence-electron chi connectivity index (χ3n) is 3.97. The highest BCUT2D eigenvalue weighted by atomic mass is 16.5. The molecule has 0 saturated heterocycles. The molecule has 1 amide bonds. The average Bonchev–Trinajstić information content (AvgIpc) is 2.55. The lowest BCUT2D eigenvalue weighted by Crippen LogP contribution is -2.40. The highest BCUT2D eigenvalue weighted by Crippen LogP contribution is 2.13. The van der Waals surface area contributed by atoms with Gasteiger partial charge in [-0.1, -0.05) is 32.4 Å². The molecule has 0 spiro atoms. The number of aliphatic hydroxyl groups is 1. The van der Waals surface area contributed by atoms with Crippen LogP contribution >= 0.6 is 0 Å². The second-order valence-corrected chi connectivity index (χ2v) is 5.90. The van der Waals surface area contributed by atoms with Crippen LogP contribution in [0.5, 0.6) is 0 Å². The van der Waals surface area contributed by atoms with Crippen molar-refractivity contribution in [1.82, 2.24) is 4.90 Å². The number of aliphatic hydroxyl groups excluding tert-OH is 1. The molecule has 1 aromatic rings. The van der Waals surface area contributed by atoms with E-state index in [9.17, 15) is 14.7 Å². The molecule has 0 saturated carbocycles. The number of ether oxygens (including phenoxy) is 1. The topological polar surface area (TPSA) is 66.8 Å². The summed E-state index contributed by atoms with van der Waals surface area (Å²) in [4.78, 5) is 25.8. The summed E-state index contributed by atoms with van der Waals surface area (Å²) in [5.74, 6) is -0.636. The van der Waals surface area contributed by atoms with Crippen LogP contribution in [0.1, 0.15) is 62.9 Å². The third kappa shape index (κ3) is 5.96. The average molecular weight is 335 g/mol. The number of rotatable bonds is 9. The zero-order chi connectivity index (χ0) is 18.1. The molecule has 5 heteroatoms. The van der Waals surface area contributed by atoms with Gasteiger partial charge in [-0.3, -0.25) is 4.79 Å². The van der Waals surface area contributed by atoms with E-state index in [1.165, 1.54) is 10.5 Å². The van der Waals surface area contributed by atoms with E-state index in [1.54, 1.807) is 26.0 Å². The van der Waals surface area contributed by atoms with Crippen LogP contribution in [0.2, 0.25) is 0 Å². The number of esters is 1. The van der Waals surface area contributed by atoms with Gasteiger partial charge in [0.15, 0.2) is 0 Å². The Labute approximate surface area is 144 Å². The Balaban J connectivity index is 2.66. The van der Waals surface area contributed by atoms with Crippen LogP contribution in [0.3, 0.4) is 0 Å². The molecule has 0 fully saturated rings. The van der Waals surface area contributed by atoms with Crippen LogP contribution in [0.15, 0.2) is 24.3 Å². The van der Waals surface area contributed by atoms with Crippen molar-refractivity contribution < 1.29 is 19.4 Å². The van der Waals surface area contributed by atoms with E-state index in [4.69, 9.17) is 4.74 Å². The molecule has 0 aliphatic rings. The summed E-state index contributed by atoms with van der Waals surface area (Å²) in [6.45, 7) is 7.74. The van der Waals surface area contributed by atoms with Gasteiger partial charge in [-0.15, -0.1) is 0 Å². The maximum Gasteiger partial charge on any atom is 0.338 e. The summed E-state index contributed by atoms with van der Waals surface area (Å²) in [6.07, 6.45) is 1.32. The van der Waals surface area contributed by atoms with E-state index in [2.05, 4.69) is 6.92 Å². The minimum Gasteiger partial charge on any atom is -0.458 e. The number of benzene rings is 1. The molecule has 5 nitrogen and oxygen atoms in total. The van der Waals surface area contributed by atoms with Gasteiger partial charge in [-0.25, -0.2) is 4.79 Å². The van der Waals surface area contributed by atoms with Crippen molar-refractivity contribution in [2.45, 2.75) is 65.7 Å². The second-order valence-electron chi connectivity index (χ2n) is 5.90. The fourth-order valence-corrected chi connectivity index (χ4v) is 2.55. The van der Waals surface area contributed by atoms with Gasteiger partial charge < -0.3 is 14.7 Å². The zero-order valence-electron chi connectivity index (χ0n) is 15.1. The fraction of sp³-hybridized carbons (Fsp3) is 0.579. The smallest absolute Gasteiger partial charge is 0.338 e. The molecule has 1 rings (SSSR count). The van der Waals surface area contributed by atoms with Gasteiger partial charge in [0.25, 0.3) is 0 Å². The van der Waals surface area contributed by atoms with E-state index >= 15 is 0 Å². The highest BCUT2D eigenvalue weighted by molar-refractivity contribution is 5.89. The Hall–Kier alpha value is -1.88. The predicted octanol–water partition coefficient (Wildman–Crippen LogP) is 3.15. The van der Waals surface area contributed by atoms with E-state index in [1.807, 2.05) is 19.1 Å². The normalized spacial score (nSPS) is 13.2. The molecule has 1 aromatic carbocycles. The first-order valence-electron chi connectivity index (χ1n) is 8.70. The number of carbonyl (C=O) groups excluding carboxylic acids is 2. The van der Waals surface area contributed by atoms with Crippen LogP contribution < -0.4 is 0 Å². The van der Waals surface area contributed by atoms with Crippen LogP contribution in [0, 0.1) is 0 Å². The van der Waals surface area contributed by atoms with Gasteiger partial charge >= 0.3 is 5.97 Å². The zero-order valence-corrected chi connectivity index (χ0v) is 15.1. The summed E-state index contributed by atoms with van der Waals surface area (Å²) in [6, 6.07) is 7.38. The van der Waals surface area contributed by atoms with E-state index < -0.39 is 18.3 Å². The van der Waals surface area contributed by atoms with Gasteiger partial charge in [0.2, 0.25) is 5.91 Å². The number of nitrogens with zero attached hydrogens (tertiary/aromatic N) is 1. The molecule has 1 N–H and O–H groups in total. The standard InChI is InChI=1S/C19H29NO4/c1-5-8-15-9-11-16(12-10-15)19(23)24-17(6-2)13-18(22)20(7-3)14(4)21/h9-12,14,17,21H,5-8,13H2,1-4H3. The molecule has 0 radical (unpaired) electrons. The molecule has 2 unspecified atom stereocenters. The predicted molar refractivity (Wildman–Crippen MR) is 93.6 cm³/mol. The minimum absolute atomic E-state index is 0.0783. The maximum atomic E-state index is 12.2. The largest absolute Gasteiger partial charge is 0.458 e. The first-order chi connectivity index (χ1) is 11.4. The Morgan fingerprint density at radius 1 is 1.17 bits per heavy atom. The molecule has 0 bridgehead atoms. The van der Waals surface area contributed by atoms with Gasteiger partial charge in [0.05, 0.1) is 12.0 Å². The summed E-state index contributed by atoms with van der Waals surface area (Å²) in [7, 11) is 0. The molecule has 0 aromatic heterocycles. The van der Waals surface area contributed by atoms with E-state index in [0.29, 0.717) is 18.5 Å². The van der Waals surface area contributed by atoms with Crippen molar-refractivity contribution >= 4 is 11.9 Å². The third-order valence-corrected chi connectivity index (χ3v) is 3.97. The second kappa shape index (κ2) is 10.1. The van der Waals surface area contributed by atoms with Crippen molar-refractivity contribution in [1.29, 1.82) is 0 Å². The number of amides is 1. The van der Waals surface area contributed by atoms with Crippen molar-refractivity contribution in [3.05, 3.63) is 35.4 Å². The Morgan fingerprint density at radius 2 is 1.79 bits per heavy atom. The SMILES string of the molecule is CCCc1ccc(C(=O)OC(CC)CC(=O)N(CC)C(C)O)cc1. The van der Waals surface area contributed by atoms with Gasteiger partial charge in [0.1, 0.15) is 12.3 Å². The van der Waals surface area contributed by atoms with Crippen molar-refractivity contribution in [2.75, 3.05) is 6.54 Å². The van der Waals surface area contributed by atoms with Gasteiger partial charge in [0, 0.05) is 6.54 Å². The Kier molecular flexibility index (Phi) is 8.47. The van der Waals surface area contributed by atoms with Crippen LogP contribution in [0.4, 0.5) is 0 Å². The number of aryl methyl sites for hydroxylation is 1. The van der Waals surface area contributed by atoms with Crippen molar-refractivity contribution in [3.8, 4) is 0 Å². The monoisotopic (exact) mass is 335 g/mol. The van der Waals surface area contributed by atoms with Crippen LogP contribution in [-0.4, -0.2) is 40.8 Å². The molecule has 0 aliphatic carbocycles. The van der Waals surface area contributed by atoms with Gasteiger partial charge in [-0.2, -0.15) is 0 Å². The number of carbonyl (C=O) groups is 2. The summed E-state index contributed by atoms with van der Waals surface area (Å²) < 4.78 is 5.46. The first kappa shape index (κ1) is 20.2. The highest BCUT2D eigenvalue weighted by Gasteiger charge is 2.23. The maximum absolute atomic E-state index is 12.2. The van der Waals surface area contributed by atoms with E-state index in [-0.39, 0.29) is 12.3 Å². The summed E-state index contributed by atoms with van der Waals surface area (Å²) in [5.41, 5.74) is 1.68. The lowest BCUT2D eigenvalue weighted by atomic mass is 10.1. The minimum atomic E-state index is -0.846. The molecule has 0 heterocycles. The lowest BCUT2D eigenvalue weighted by molar-refractivity contribution is -0.141. The molecule has 24 heavy (non-hydrogen) atoms. The molecule has 0 aliphatic heterocycles. The van der Waals surface area contributed by atoms with Crippen LogP contribution in [-0.2, 0) is 16.0 Å². The van der Waals surface area contributed by atoms with Crippen LogP contribution in [0.25, 0.3) is 0 Å². The quantitative estimate of drug-likeness (QED) is 0.556. The van der Waals surface area contributed by atoms with Gasteiger partial charge in [-0.05, 0) is 44.4 Å². The van der Waals surface area contributed by atoms with Crippen molar-refractivity contribution in [2.24, 2.45) is 0 Å². The molecule has 2 atom stereocenters. The summed E-state index contributed by atoms with van der Waals surface area (Å²) in [5, 5.41) is 9.60. The molecular formula is C19H29NO4. The number of hydrogen-bond donors (Lipinski definition) is 1. The Bertz CT molecular complexity index is 525. The first-order valence-corrected chi connectivity index (χ1v) is 8.70. The molecular weight excluding hydrogens is 306 g/mol. The van der Waals surface area contributed by atoms with E-state index in [0.717, 1.165) is 12.8 Å². The lowest BCUT2D eigenvalue weighted by Gasteiger charge is -2.26. The Morgan fingerprint density at radius 3 is 2.25 bits per heavy atom. The van der Waals surface area contributed by atoms with Crippen molar-refractivity contribution in [3.63, 3.8) is 0 Å².